The summed E-state index contributed by atoms with van der Waals surface area (Å²) in [6.45, 7) is 3.66. The first kappa shape index (κ1) is 12.9. The number of rotatable bonds is 4. The Kier molecular flexibility index (Phi) is 4.17. The number of nitrogens with zero attached hydrogens (tertiary/aromatic N) is 1. The fourth-order valence-corrected chi connectivity index (χ4v) is 2.15. The van der Waals surface area contributed by atoms with Crippen LogP contribution in [0.2, 0.25) is 0 Å². The maximum atomic E-state index is 8.65. The number of hydrogen-bond donors (Lipinski definition) is 3. The highest BCUT2D eigenvalue weighted by atomic mass is 16.5. The number of hydrogen-bond acceptors (Lipinski definition) is 4. The molecule has 5 heteroatoms. The van der Waals surface area contributed by atoms with Crippen molar-refractivity contribution in [3.8, 4) is 0 Å². The summed E-state index contributed by atoms with van der Waals surface area (Å²) in [6, 6.07) is 8.06. The molecule has 2 atom stereocenters. The molecule has 2 rings (SSSR count). The van der Waals surface area contributed by atoms with Crippen LogP contribution in [0.5, 0.6) is 0 Å². The van der Waals surface area contributed by atoms with Gasteiger partial charge in [-0.2, -0.15) is 0 Å². The van der Waals surface area contributed by atoms with Crippen LogP contribution >= 0.6 is 0 Å². The summed E-state index contributed by atoms with van der Waals surface area (Å²) in [5.41, 5.74) is 7.40. The van der Waals surface area contributed by atoms with Gasteiger partial charge in [-0.1, -0.05) is 23.4 Å². The Balaban J connectivity index is 1.97. The van der Waals surface area contributed by atoms with Gasteiger partial charge in [-0.3, -0.25) is 0 Å². The van der Waals surface area contributed by atoms with Crippen LogP contribution in [0, 0.1) is 0 Å². The van der Waals surface area contributed by atoms with Crippen LogP contribution in [0.4, 0.5) is 0 Å². The number of amidine groups is 1. The molecule has 1 saturated heterocycles. The van der Waals surface area contributed by atoms with E-state index >= 15 is 0 Å². The predicted molar refractivity (Wildman–Crippen MR) is 69.6 cm³/mol. The van der Waals surface area contributed by atoms with Crippen molar-refractivity contribution in [2.75, 3.05) is 6.61 Å². The van der Waals surface area contributed by atoms with E-state index < -0.39 is 0 Å². The van der Waals surface area contributed by atoms with Crippen LogP contribution in [-0.4, -0.2) is 29.8 Å². The minimum absolute atomic E-state index is 0.134. The van der Waals surface area contributed by atoms with Crippen molar-refractivity contribution in [1.29, 1.82) is 0 Å². The zero-order chi connectivity index (χ0) is 13.0. The van der Waals surface area contributed by atoms with Crippen LogP contribution in [0.15, 0.2) is 29.4 Å². The van der Waals surface area contributed by atoms with E-state index in [0.717, 1.165) is 30.7 Å². The standard InChI is InChI=1S/C13H19N3O2/c1-9-12(5-6-18-9)15-8-10-3-2-4-11(7-10)13(14)16-17/h2-4,7,9,12,15,17H,5-6,8H2,1H3,(H2,14,16). The molecule has 4 N–H and O–H groups in total. The molecule has 0 spiro atoms. The van der Waals surface area contributed by atoms with Crippen LogP contribution in [-0.2, 0) is 11.3 Å². The van der Waals surface area contributed by atoms with E-state index in [4.69, 9.17) is 15.7 Å². The SMILES string of the molecule is CC1OCCC1NCc1cccc(/C(N)=N/O)c1. The molecule has 1 aromatic carbocycles. The van der Waals surface area contributed by atoms with E-state index in [2.05, 4.69) is 17.4 Å². The third kappa shape index (κ3) is 3.00. The van der Waals surface area contributed by atoms with E-state index in [-0.39, 0.29) is 11.9 Å². The van der Waals surface area contributed by atoms with Gasteiger partial charge in [-0.15, -0.1) is 0 Å². The summed E-state index contributed by atoms with van der Waals surface area (Å²) >= 11 is 0. The summed E-state index contributed by atoms with van der Waals surface area (Å²) in [4.78, 5) is 0. The molecule has 0 amide bonds. The molecule has 1 heterocycles. The molecular weight excluding hydrogens is 230 g/mol. The largest absolute Gasteiger partial charge is 0.409 e. The van der Waals surface area contributed by atoms with E-state index in [1.165, 1.54) is 0 Å². The van der Waals surface area contributed by atoms with Crippen molar-refractivity contribution in [2.45, 2.75) is 32.0 Å². The predicted octanol–water partition coefficient (Wildman–Crippen LogP) is 1.05. The van der Waals surface area contributed by atoms with Gasteiger partial charge in [0.1, 0.15) is 0 Å². The fraction of sp³-hybridized carbons (Fsp3) is 0.462. The van der Waals surface area contributed by atoms with Gasteiger partial charge in [0.05, 0.1) is 6.10 Å². The van der Waals surface area contributed by atoms with E-state index in [1.807, 2.05) is 24.3 Å². The zero-order valence-electron chi connectivity index (χ0n) is 10.5. The smallest absolute Gasteiger partial charge is 0.170 e. The molecule has 0 saturated carbocycles. The molecule has 18 heavy (non-hydrogen) atoms. The van der Waals surface area contributed by atoms with E-state index in [9.17, 15) is 0 Å². The van der Waals surface area contributed by atoms with Gasteiger partial charge in [0.2, 0.25) is 0 Å². The molecule has 1 aromatic rings. The van der Waals surface area contributed by atoms with Crippen LogP contribution in [0.3, 0.4) is 0 Å². The second-order valence-corrected chi connectivity index (χ2v) is 4.54. The second-order valence-electron chi connectivity index (χ2n) is 4.54. The average Bonchev–Trinajstić information content (AvgIpc) is 2.81. The molecule has 0 radical (unpaired) electrons. The molecule has 1 fully saturated rings. The van der Waals surface area contributed by atoms with Crippen LogP contribution < -0.4 is 11.1 Å². The molecular formula is C13H19N3O2. The number of ether oxygens (including phenoxy) is 1. The lowest BCUT2D eigenvalue weighted by molar-refractivity contribution is 0.113. The Labute approximate surface area is 107 Å². The van der Waals surface area contributed by atoms with Crippen molar-refractivity contribution < 1.29 is 9.94 Å². The van der Waals surface area contributed by atoms with Gasteiger partial charge < -0.3 is 21.0 Å². The van der Waals surface area contributed by atoms with Gasteiger partial charge in [-0.05, 0) is 25.0 Å². The third-order valence-corrected chi connectivity index (χ3v) is 3.28. The lowest BCUT2D eigenvalue weighted by Gasteiger charge is -2.16. The summed E-state index contributed by atoms with van der Waals surface area (Å²) < 4.78 is 5.50. The van der Waals surface area contributed by atoms with Crippen molar-refractivity contribution in [2.24, 2.45) is 10.9 Å². The highest BCUT2D eigenvalue weighted by Gasteiger charge is 2.23. The Bertz CT molecular complexity index is 434. The quantitative estimate of drug-likeness (QED) is 0.322. The number of nitrogens with two attached hydrogens (primary N) is 1. The van der Waals surface area contributed by atoms with E-state index in [0.29, 0.717) is 6.04 Å². The van der Waals surface area contributed by atoms with Crippen molar-refractivity contribution in [3.63, 3.8) is 0 Å². The molecule has 2 unspecified atom stereocenters. The first-order valence-electron chi connectivity index (χ1n) is 6.12. The Hall–Kier alpha value is -1.59. The van der Waals surface area contributed by atoms with Gasteiger partial charge in [-0.25, -0.2) is 0 Å². The topological polar surface area (TPSA) is 79.9 Å². The Morgan fingerprint density at radius 3 is 3.11 bits per heavy atom. The van der Waals surface area contributed by atoms with Crippen LogP contribution in [0.1, 0.15) is 24.5 Å². The minimum Gasteiger partial charge on any atom is -0.409 e. The summed E-state index contributed by atoms with van der Waals surface area (Å²) in [7, 11) is 0. The molecule has 1 aliphatic rings. The van der Waals surface area contributed by atoms with Crippen LogP contribution in [0.25, 0.3) is 0 Å². The van der Waals surface area contributed by atoms with Crippen molar-refractivity contribution in [1.82, 2.24) is 5.32 Å². The Morgan fingerprint density at radius 2 is 2.44 bits per heavy atom. The maximum absolute atomic E-state index is 8.65. The third-order valence-electron chi connectivity index (χ3n) is 3.28. The number of oxime groups is 1. The van der Waals surface area contributed by atoms with Crippen molar-refractivity contribution >= 4 is 5.84 Å². The number of nitrogens with one attached hydrogen (secondary N) is 1. The van der Waals surface area contributed by atoms with Gasteiger partial charge >= 0.3 is 0 Å². The lowest BCUT2D eigenvalue weighted by Crippen LogP contribution is -2.34. The molecule has 0 bridgehead atoms. The molecule has 5 nitrogen and oxygen atoms in total. The summed E-state index contributed by atoms with van der Waals surface area (Å²) in [5.74, 6) is 0.134. The van der Waals surface area contributed by atoms with Gasteiger partial charge in [0.25, 0.3) is 0 Å². The maximum Gasteiger partial charge on any atom is 0.170 e. The molecule has 0 aliphatic carbocycles. The molecule has 98 valence electrons. The first-order valence-corrected chi connectivity index (χ1v) is 6.12. The average molecular weight is 249 g/mol. The normalized spacial score (nSPS) is 24.4. The second kappa shape index (κ2) is 5.84. The summed E-state index contributed by atoms with van der Waals surface area (Å²) in [6.07, 6.45) is 1.30. The zero-order valence-corrected chi connectivity index (χ0v) is 10.5. The monoisotopic (exact) mass is 249 g/mol. The van der Waals surface area contributed by atoms with Gasteiger partial charge in [0, 0.05) is 24.8 Å². The summed E-state index contributed by atoms with van der Waals surface area (Å²) in [5, 5.41) is 15.1. The first-order chi connectivity index (χ1) is 8.70. The lowest BCUT2D eigenvalue weighted by atomic mass is 10.1. The van der Waals surface area contributed by atoms with E-state index in [1.54, 1.807) is 0 Å². The highest BCUT2D eigenvalue weighted by molar-refractivity contribution is 5.97. The van der Waals surface area contributed by atoms with Gasteiger partial charge in [0.15, 0.2) is 5.84 Å². The highest BCUT2D eigenvalue weighted by Crippen LogP contribution is 2.13. The Morgan fingerprint density at radius 1 is 1.61 bits per heavy atom. The molecule has 1 aliphatic heterocycles. The minimum atomic E-state index is 0.134. The number of benzene rings is 1. The van der Waals surface area contributed by atoms with Crippen molar-refractivity contribution in [3.05, 3.63) is 35.4 Å². The fourth-order valence-electron chi connectivity index (χ4n) is 2.15. The molecule has 0 aromatic heterocycles.